The van der Waals surface area contributed by atoms with Crippen LogP contribution in [-0.2, 0) is 16.1 Å². The van der Waals surface area contributed by atoms with E-state index in [1.807, 2.05) is 28.4 Å². The summed E-state index contributed by atoms with van der Waals surface area (Å²) in [6.45, 7) is 5.27. The molecule has 6 heteroatoms. The smallest absolute Gasteiger partial charge is 0.253 e. The summed E-state index contributed by atoms with van der Waals surface area (Å²) in [6.07, 6.45) is 5.39. The largest absolute Gasteiger partial charge is 0.363 e. The van der Waals surface area contributed by atoms with Crippen LogP contribution in [0.2, 0.25) is 0 Å². The van der Waals surface area contributed by atoms with E-state index in [1.165, 1.54) is 4.88 Å². The first-order chi connectivity index (χ1) is 12.2. The molecule has 2 aromatic heterocycles. The number of amides is 1. The van der Waals surface area contributed by atoms with Gasteiger partial charge in [0.25, 0.3) is 5.91 Å². The Hall–Kier alpha value is -1.76. The number of carbonyl (C=O) groups excluding carboxylic acids is 1. The van der Waals surface area contributed by atoms with Crippen LogP contribution in [0.15, 0.2) is 42.0 Å². The second-order valence-electron chi connectivity index (χ2n) is 6.86. The zero-order chi connectivity index (χ0) is 17.3. The fourth-order valence-corrected chi connectivity index (χ4v) is 4.73. The molecule has 1 spiro atoms. The number of carbonyl (C=O) groups is 1. The van der Waals surface area contributed by atoms with Crippen molar-refractivity contribution in [2.24, 2.45) is 0 Å². The number of aromatic nitrogens is 1. The van der Waals surface area contributed by atoms with Crippen molar-refractivity contribution < 1.29 is 9.53 Å². The Balaban J connectivity index is 1.48. The third-order valence-corrected chi connectivity index (χ3v) is 6.35. The minimum absolute atomic E-state index is 0.0156. The number of pyridine rings is 1. The van der Waals surface area contributed by atoms with Gasteiger partial charge in [0.2, 0.25) is 0 Å². The van der Waals surface area contributed by atoms with Gasteiger partial charge in [-0.1, -0.05) is 6.07 Å². The zero-order valence-electron chi connectivity index (χ0n) is 14.4. The van der Waals surface area contributed by atoms with E-state index in [-0.39, 0.29) is 24.2 Å². The molecular formula is C19H23N3O2S. The molecule has 2 aliphatic rings. The van der Waals surface area contributed by atoms with Gasteiger partial charge in [-0.15, -0.1) is 11.3 Å². The highest BCUT2D eigenvalue weighted by molar-refractivity contribution is 7.09. The fourth-order valence-electron chi connectivity index (χ4n) is 3.99. The first-order valence-corrected chi connectivity index (χ1v) is 9.67. The Labute approximate surface area is 152 Å². The molecule has 0 N–H and O–H groups in total. The number of morpholine rings is 1. The zero-order valence-corrected chi connectivity index (χ0v) is 15.2. The van der Waals surface area contributed by atoms with Crippen LogP contribution in [-0.4, -0.2) is 47.1 Å². The van der Waals surface area contributed by atoms with Gasteiger partial charge in [-0.05, 0) is 43.3 Å². The topological polar surface area (TPSA) is 45.7 Å². The first kappa shape index (κ1) is 16.7. The predicted octanol–water partition coefficient (Wildman–Crippen LogP) is 2.93. The molecule has 0 saturated carbocycles. The average molecular weight is 357 g/mol. The summed E-state index contributed by atoms with van der Waals surface area (Å²) >= 11 is 1.81. The van der Waals surface area contributed by atoms with E-state index in [4.69, 9.17) is 4.74 Å². The van der Waals surface area contributed by atoms with Crippen LogP contribution in [0.3, 0.4) is 0 Å². The third-order valence-electron chi connectivity index (χ3n) is 5.49. The number of rotatable bonds is 3. The number of piperidine rings is 1. The van der Waals surface area contributed by atoms with E-state index in [1.54, 1.807) is 12.4 Å². The highest BCUT2D eigenvalue weighted by Gasteiger charge is 2.48. The van der Waals surface area contributed by atoms with Crippen LogP contribution < -0.4 is 4.90 Å². The normalized spacial score (nSPS) is 24.0. The lowest BCUT2D eigenvalue weighted by Crippen LogP contribution is -2.64. The van der Waals surface area contributed by atoms with Crippen LogP contribution in [0.1, 0.15) is 24.6 Å². The standard InChI is InChI=1S/C19H23N3O2S/c1-15-19(6-9-21(10-7-19)13-17-5-3-11-25-17)24-14-18(23)22(15)16-4-2-8-20-12-16/h2-5,8,11-12,15H,6-7,9-10,13-14H2,1H3. The van der Waals surface area contributed by atoms with Gasteiger partial charge < -0.3 is 9.64 Å². The quantitative estimate of drug-likeness (QED) is 0.847. The molecule has 25 heavy (non-hydrogen) atoms. The second-order valence-corrected chi connectivity index (χ2v) is 7.89. The molecule has 2 saturated heterocycles. The number of hydrogen-bond acceptors (Lipinski definition) is 5. The minimum Gasteiger partial charge on any atom is -0.363 e. The Bertz CT molecular complexity index is 712. The molecule has 5 nitrogen and oxygen atoms in total. The molecule has 2 aliphatic heterocycles. The van der Waals surface area contributed by atoms with Gasteiger partial charge >= 0.3 is 0 Å². The molecule has 4 heterocycles. The summed E-state index contributed by atoms with van der Waals surface area (Å²) in [7, 11) is 0. The monoisotopic (exact) mass is 357 g/mol. The molecule has 2 aromatic rings. The van der Waals surface area contributed by atoms with E-state index in [9.17, 15) is 4.79 Å². The maximum absolute atomic E-state index is 12.5. The molecule has 132 valence electrons. The van der Waals surface area contributed by atoms with Crippen LogP contribution in [0.5, 0.6) is 0 Å². The Morgan fingerprint density at radius 3 is 2.84 bits per heavy atom. The molecule has 1 atom stereocenters. The summed E-state index contributed by atoms with van der Waals surface area (Å²) in [5, 5.41) is 2.13. The van der Waals surface area contributed by atoms with Crippen molar-refractivity contribution in [3.63, 3.8) is 0 Å². The van der Waals surface area contributed by atoms with Crippen molar-refractivity contribution >= 4 is 22.9 Å². The van der Waals surface area contributed by atoms with Gasteiger partial charge in [-0.3, -0.25) is 14.7 Å². The summed E-state index contributed by atoms with van der Waals surface area (Å²) in [6, 6.07) is 8.14. The molecular weight excluding hydrogens is 334 g/mol. The van der Waals surface area contributed by atoms with Crippen molar-refractivity contribution in [3.05, 3.63) is 46.9 Å². The van der Waals surface area contributed by atoms with E-state index in [0.29, 0.717) is 0 Å². The predicted molar refractivity (Wildman–Crippen MR) is 98.7 cm³/mol. The lowest BCUT2D eigenvalue weighted by atomic mass is 9.82. The highest BCUT2D eigenvalue weighted by atomic mass is 32.1. The van der Waals surface area contributed by atoms with Crippen molar-refractivity contribution in [1.29, 1.82) is 0 Å². The Morgan fingerprint density at radius 1 is 1.32 bits per heavy atom. The van der Waals surface area contributed by atoms with Gasteiger partial charge in [0.05, 0.1) is 23.5 Å². The molecule has 0 aliphatic carbocycles. The average Bonchev–Trinajstić information content (AvgIpc) is 3.15. The second kappa shape index (κ2) is 6.86. The molecule has 0 bridgehead atoms. The molecule has 0 aromatic carbocycles. The molecule has 2 fully saturated rings. The molecule has 4 rings (SSSR count). The van der Waals surface area contributed by atoms with E-state index < -0.39 is 0 Å². The number of likely N-dealkylation sites (tertiary alicyclic amines) is 1. The van der Waals surface area contributed by atoms with Gasteiger partial charge in [0.15, 0.2) is 0 Å². The summed E-state index contributed by atoms with van der Waals surface area (Å²) in [5.41, 5.74) is 0.610. The summed E-state index contributed by atoms with van der Waals surface area (Å²) < 4.78 is 6.13. The van der Waals surface area contributed by atoms with Crippen LogP contribution in [0, 0.1) is 0 Å². The number of hydrogen-bond donors (Lipinski definition) is 0. The van der Waals surface area contributed by atoms with E-state index in [2.05, 4.69) is 34.3 Å². The van der Waals surface area contributed by atoms with Crippen LogP contribution >= 0.6 is 11.3 Å². The number of anilines is 1. The lowest BCUT2D eigenvalue weighted by molar-refractivity contribution is -0.152. The van der Waals surface area contributed by atoms with Gasteiger partial charge in [-0.25, -0.2) is 0 Å². The van der Waals surface area contributed by atoms with Crippen molar-refractivity contribution in [2.45, 2.75) is 38.0 Å². The minimum atomic E-state index is -0.254. The number of nitrogens with zero attached hydrogens (tertiary/aromatic N) is 3. The first-order valence-electron chi connectivity index (χ1n) is 8.79. The maximum Gasteiger partial charge on any atom is 0.253 e. The number of thiophene rings is 1. The summed E-state index contributed by atoms with van der Waals surface area (Å²) in [5.74, 6) is 0.0205. The molecule has 1 amide bonds. The SMILES string of the molecule is CC1N(c2cccnc2)C(=O)COC12CCN(Cc1cccs1)CC2. The van der Waals surface area contributed by atoms with Gasteiger partial charge in [0, 0.05) is 30.7 Å². The third kappa shape index (κ3) is 3.21. The number of ether oxygens (including phenoxy) is 1. The van der Waals surface area contributed by atoms with Gasteiger partial charge in [0.1, 0.15) is 6.61 Å². The Kier molecular flexibility index (Phi) is 4.58. The van der Waals surface area contributed by atoms with Crippen LogP contribution in [0.4, 0.5) is 5.69 Å². The molecule has 1 unspecified atom stereocenters. The highest BCUT2D eigenvalue weighted by Crippen LogP contribution is 2.38. The van der Waals surface area contributed by atoms with E-state index in [0.717, 1.165) is 38.2 Å². The lowest BCUT2D eigenvalue weighted by Gasteiger charge is -2.51. The van der Waals surface area contributed by atoms with Crippen LogP contribution in [0.25, 0.3) is 0 Å². The fraction of sp³-hybridized carbons (Fsp3) is 0.474. The van der Waals surface area contributed by atoms with E-state index >= 15 is 0 Å². The Morgan fingerprint density at radius 2 is 2.16 bits per heavy atom. The molecule has 0 radical (unpaired) electrons. The maximum atomic E-state index is 12.5. The van der Waals surface area contributed by atoms with Crippen molar-refractivity contribution in [3.8, 4) is 0 Å². The van der Waals surface area contributed by atoms with Crippen molar-refractivity contribution in [2.75, 3.05) is 24.6 Å². The van der Waals surface area contributed by atoms with Crippen molar-refractivity contribution in [1.82, 2.24) is 9.88 Å². The van der Waals surface area contributed by atoms with Gasteiger partial charge in [-0.2, -0.15) is 0 Å². The summed E-state index contributed by atoms with van der Waals surface area (Å²) in [4.78, 5) is 22.4.